The number of aromatic nitrogens is 2. The largest absolute Gasteiger partial charge is 0.316 e. The van der Waals surface area contributed by atoms with Crippen molar-refractivity contribution in [3.05, 3.63) is 40.3 Å². The van der Waals surface area contributed by atoms with Crippen LogP contribution in [-0.4, -0.2) is 22.9 Å². The first-order chi connectivity index (χ1) is 7.78. The molecule has 2 heterocycles. The predicted molar refractivity (Wildman–Crippen MR) is 67.8 cm³/mol. The number of nitrogens with one attached hydrogen (secondary N) is 1. The van der Waals surface area contributed by atoms with Gasteiger partial charge in [-0.2, -0.15) is 5.10 Å². The highest BCUT2D eigenvalue weighted by Gasteiger charge is 2.09. The molecule has 2 aromatic heterocycles. The summed E-state index contributed by atoms with van der Waals surface area (Å²) in [6.45, 7) is 0. The molecule has 0 spiro atoms. The Morgan fingerprint density at radius 2 is 2.38 bits per heavy atom. The zero-order valence-corrected chi connectivity index (χ0v) is 10.5. The van der Waals surface area contributed by atoms with Gasteiger partial charge in [-0.1, -0.05) is 6.07 Å². The van der Waals surface area contributed by atoms with E-state index in [-0.39, 0.29) is 0 Å². The van der Waals surface area contributed by atoms with E-state index < -0.39 is 0 Å². The van der Waals surface area contributed by atoms with E-state index in [9.17, 15) is 0 Å². The van der Waals surface area contributed by atoms with Gasteiger partial charge in [0.1, 0.15) is 0 Å². The maximum Gasteiger partial charge on any atom is 0.0522 e. The van der Waals surface area contributed by atoms with Crippen LogP contribution < -0.4 is 5.32 Å². The minimum absolute atomic E-state index is 0.489. The van der Waals surface area contributed by atoms with Crippen LogP contribution in [-0.2, 0) is 19.9 Å². The van der Waals surface area contributed by atoms with Crippen molar-refractivity contribution < 1.29 is 0 Å². The number of hydrogen-bond acceptors (Lipinski definition) is 3. The molecule has 0 radical (unpaired) electrons. The number of thiophene rings is 1. The van der Waals surface area contributed by atoms with E-state index in [1.54, 1.807) is 0 Å². The number of rotatable bonds is 5. The highest BCUT2D eigenvalue weighted by molar-refractivity contribution is 7.09. The van der Waals surface area contributed by atoms with E-state index in [0.717, 1.165) is 12.8 Å². The summed E-state index contributed by atoms with van der Waals surface area (Å²) in [6.07, 6.45) is 6.14. The molecule has 16 heavy (non-hydrogen) atoms. The average molecular weight is 235 g/mol. The minimum Gasteiger partial charge on any atom is -0.316 e. The van der Waals surface area contributed by atoms with Crippen LogP contribution in [0.3, 0.4) is 0 Å². The molecular weight excluding hydrogens is 218 g/mol. The monoisotopic (exact) mass is 235 g/mol. The third kappa shape index (κ3) is 2.93. The first kappa shape index (κ1) is 11.4. The lowest BCUT2D eigenvalue weighted by atomic mass is 10.1. The summed E-state index contributed by atoms with van der Waals surface area (Å²) in [7, 11) is 3.98. The Morgan fingerprint density at radius 1 is 1.50 bits per heavy atom. The van der Waals surface area contributed by atoms with Gasteiger partial charge in [-0.05, 0) is 36.9 Å². The molecule has 0 aliphatic heterocycles. The van der Waals surface area contributed by atoms with Crippen LogP contribution in [0, 0.1) is 0 Å². The van der Waals surface area contributed by atoms with Crippen molar-refractivity contribution in [2.24, 2.45) is 7.05 Å². The molecule has 86 valence electrons. The Kier molecular flexibility index (Phi) is 3.74. The van der Waals surface area contributed by atoms with Crippen molar-refractivity contribution in [2.45, 2.75) is 18.9 Å². The molecule has 1 N–H and O–H groups in total. The van der Waals surface area contributed by atoms with E-state index in [4.69, 9.17) is 0 Å². The SMILES string of the molecule is CNC(Cc1cnn(C)c1)Cc1cccs1. The molecule has 0 saturated heterocycles. The summed E-state index contributed by atoms with van der Waals surface area (Å²) in [5.41, 5.74) is 1.29. The van der Waals surface area contributed by atoms with Gasteiger partial charge >= 0.3 is 0 Å². The lowest BCUT2D eigenvalue weighted by Crippen LogP contribution is -2.29. The zero-order valence-electron chi connectivity index (χ0n) is 9.68. The Morgan fingerprint density at radius 3 is 2.94 bits per heavy atom. The van der Waals surface area contributed by atoms with Crippen molar-refractivity contribution >= 4 is 11.3 Å². The lowest BCUT2D eigenvalue weighted by Gasteiger charge is -2.13. The Hall–Kier alpha value is -1.13. The van der Waals surface area contributed by atoms with Gasteiger partial charge in [-0.25, -0.2) is 0 Å². The van der Waals surface area contributed by atoms with Gasteiger partial charge in [0.25, 0.3) is 0 Å². The van der Waals surface area contributed by atoms with Gasteiger partial charge < -0.3 is 5.32 Å². The maximum atomic E-state index is 4.19. The van der Waals surface area contributed by atoms with E-state index >= 15 is 0 Å². The molecule has 0 amide bonds. The molecule has 1 unspecified atom stereocenters. The van der Waals surface area contributed by atoms with Gasteiger partial charge in [-0.3, -0.25) is 4.68 Å². The van der Waals surface area contributed by atoms with Crippen LogP contribution in [0.25, 0.3) is 0 Å². The Labute approximate surface area is 100 Å². The number of hydrogen-bond donors (Lipinski definition) is 1. The molecule has 0 fully saturated rings. The molecule has 0 aliphatic carbocycles. The minimum atomic E-state index is 0.489. The fourth-order valence-electron chi connectivity index (χ4n) is 1.81. The summed E-state index contributed by atoms with van der Waals surface area (Å²) < 4.78 is 1.85. The number of nitrogens with zero attached hydrogens (tertiary/aromatic N) is 2. The molecule has 0 saturated carbocycles. The second kappa shape index (κ2) is 5.27. The van der Waals surface area contributed by atoms with Crippen LogP contribution in [0.5, 0.6) is 0 Å². The van der Waals surface area contributed by atoms with Crippen LogP contribution in [0.1, 0.15) is 10.4 Å². The van der Waals surface area contributed by atoms with E-state index in [1.165, 1.54) is 10.4 Å². The lowest BCUT2D eigenvalue weighted by molar-refractivity contribution is 0.560. The summed E-state index contributed by atoms with van der Waals surface area (Å²) in [6, 6.07) is 4.79. The third-order valence-electron chi connectivity index (χ3n) is 2.68. The van der Waals surface area contributed by atoms with E-state index in [0.29, 0.717) is 6.04 Å². The fourth-order valence-corrected chi connectivity index (χ4v) is 2.60. The molecule has 0 bridgehead atoms. The summed E-state index contributed by atoms with van der Waals surface area (Å²) in [5, 5.41) is 9.69. The smallest absolute Gasteiger partial charge is 0.0522 e. The van der Waals surface area contributed by atoms with E-state index in [2.05, 4.69) is 34.1 Å². The van der Waals surface area contributed by atoms with E-state index in [1.807, 2.05) is 36.3 Å². The topological polar surface area (TPSA) is 29.9 Å². The highest BCUT2D eigenvalue weighted by Crippen LogP contribution is 2.13. The van der Waals surface area contributed by atoms with Crippen LogP contribution >= 0.6 is 11.3 Å². The zero-order chi connectivity index (χ0) is 11.4. The third-order valence-corrected chi connectivity index (χ3v) is 3.58. The second-order valence-electron chi connectivity index (χ2n) is 4.00. The maximum absolute atomic E-state index is 4.19. The number of aryl methyl sites for hydroxylation is 1. The van der Waals surface area contributed by atoms with Gasteiger partial charge in [0.2, 0.25) is 0 Å². The quantitative estimate of drug-likeness (QED) is 0.857. The van der Waals surface area contributed by atoms with Crippen molar-refractivity contribution in [3.63, 3.8) is 0 Å². The average Bonchev–Trinajstić information content (AvgIpc) is 2.89. The molecule has 4 heteroatoms. The first-order valence-corrected chi connectivity index (χ1v) is 6.33. The van der Waals surface area contributed by atoms with Crippen LogP contribution in [0.4, 0.5) is 0 Å². The summed E-state index contributed by atoms with van der Waals surface area (Å²) >= 11 is 1.82. The van der Waals surface area contributed by atoms with Gasteiger partial charge in [0.05, 0.1) is 6.20 Å². The fraction of sp³-hybridized carbons (Fsp3) is 0.417. The Bertz CT molecular complexity index is 419. The molecule has 2 rings (SSSR count). The normalized spacial score (nSPS) is 12.9. The summed E-state index contributed by atoms with van der Waals surface area (Å²) in [5.74, 6) is 0. The van der Waals surface area contributed by atoms with Gasteiger partial charge in [0, 0.05) is 24.2 Å². The van der Waals surface area contributed by atoms with Gasteiger partial charge in [-0.15, -0.1) is 11.3 Å². The number of likely N-dealkylation sites (N-methyl/N-ethyl adjacent to an activating group) is 1. The van der Waals surface area contributed by atoms with Crippen molar-refractivity contribution in [3.8, 4) is 0 Å². The standard InChI is InChI=1S/C12H17N3S/c1-13-11(7-12-4-3-5-16-12)6-10-8-14-15(2)9-10/h3-5,8-9,11,13H,6-7H2,1-2H3. The molecule has 1 atom stereocenters. The van der Waals surface area contributed by atoms with Crippen molar-refractivity contribution in [1.29, 1.82) is 0 Å². The van der Waals surface area contributed by atoms with Crippen LogP contribution in [0.2, 0.25) is 0 Å². The van der Waals surface area contributed by atoms with Crippen molar-refractivity contribution in [2.75, 3.05) is 7.05 Å². The summed E-state index contributed by atoms with van der Waals surface area (Å²) in [4.78, 5) is 1.43. The highest BCUT2D eigenvalue weighted by atomic mass is 32.1. The second-order valence-corrected chi connectivity index (χ2v) is 5.03. The molecule has 3 nitrogen and oxygen atoms in total. The first-order valence-electron chi connectivity index (χ1n) is 5.45. The molecule has 2 aromatic rings. The predicted octanol–water partition coefficient (Wildman–Crippen LogP) is 1.85. The molecule has 0 aromatic carbocycles. The molecule has 0 aliphatic rings. The Balaban J connectivity index is 1.95. The van der Waals surface area contributed by atoms with Gasteiger partial charge in [0.15, 0.2) is 0 Å². The molecular formula is C12H17N3S. The van der Waals surface area contributed by atoms with Crippen molar-refractivity contribution in [1.82, 2.24) is 15.1 Å². The van der Waals surface area contributed by atoms with Crippen LogP contribution in [0.15, 0.2) is 29.9 Å².